The zero-order valence-corrected chi connectivity index (χ0v) is 17.4. The second-order valence-electron chi connectivity index (χ2n) is 10.2. The topological polar surface area (TPSA) is 57.6 Å². The van der Waals surface area contributed by atoms with Crippen LogP contribution in [0.3, 0.4) is 0 Å². The van der Waals surface area contributed by atoms with Crippen LogP contribution < -0.4 is 0 Å². The lowest BCUT2D eigenvalue weighted by molar-refractivity contribution is -0.152. The maximum absolute atomic E-state index is 13.5. The van der Waals surface area contributed by atoms with E-state index in [1.807, 2.05) is 23.1 Å². The zero-order chi connectivity index (χ0) is 20.4. The number of piperidine rings is 1. The van der Waals surface area contributed by atoms with E-state index in [0.717, 1.165) is 36.9 Å². The molecule has 4 nitrogen and oxygen atoms in total. The predicted octanol–water partition coefficient (Wildman–Crippen LogP) is 4.09. The van der Waals surface area contributed by atoms with Gasteiger partial charge in [0.05, 0.1) is 12.6 Å². The number of amides is 1. The standard InChI is InChI=1S/C25H31NO3/c1-24-13-12-22(29)26(15-16-6-4-3-5-7-16)20(24)10-8-17-18-9-11-21(28)25(18,2)14-19(27)23(17)24/h3-7,10,17-18,21,23,28H,8-9,11-15H2,1-2H3/t17?,18-,21?,23+,24?,25?/m0/s1. The van der Waals surface area contributed by atoms with Gasteiger partial charge >= 0.3 is 0 Å². The number of ketones is 1. The SMILES string of the molecule is CC12CCC(=O)N(Cc3ccccc3)C1=CCC1[C@@H]2C(=O)CC2(C)C(O)CC[C@@H]12. The number of fused-ring (bicyclic) bond motifs is 5. The van der Waals surface area contributed by atoms with Crippen molar-refractivity contribution in [2.24, 2.45) is 28.6 Å². The minimum absolute atomic E-state index is 0.0303. The van der Waals surface area contributed by atoms with Crippen molar-refractivity contribution >= 4 is 11.7 Å². The van der Waals surface area contributed by atoms with Crippen LogP contribution in [0, 0.1) is 28.6 Å². The fourth-order valence-electron chi connectivity index (χ4n) is 7.20. The molecular weight excluding hydrogens is 362 g/mol. The van der Waals surface area contributed by atoms with E-state index < -0.39 is 0 Å². The number of carbonyl (C=O) groups excluding carboxylic acids is 2. The van der Waals surface area contributed by atoms with Crippen molar-refractivity contribution in [2.45, 2.75) is 65.0 Å². The number of rotatable bonds is 2. The van der Waals surface area contributed by atoms with Gasteiger partial charge in [0.15, 0.2) is 0 Å². The number of aliphatic hydroxyl groups is 1. The lowest BCUT2D eigenvalue weighted by Gasteiger charge is -2.57. The summed E-state index contributed by atoms with van der Waals surface area (Å²) in [6.07, 6.45) is 6.29. The number of likely N-dealkylation sites (tertiary alicyclic amines) is 1. The molecule has 1 heterocycles. The summed E-state index contributed by atoms with van der Waals surface area (Å²) in [5.41, 5.74) is 1.63. The molecule has 0 spiro atoms. The lowest BCUT2D eigenvalue weighted by Crippen LogP contribution is -2.57. The molecule has 29 heavy (non-hydrogen) atoms. The number of Topliss-reactive ketones (excluding diaryl/α,β-unsaturated/α-hetero) is 1. The van der Waals surface area contributed by atoms with Gasteiger partial charge in [-0.15, -0.1) is 0 Å². The number of allylic oxidation sites excluding steroid dienone is 2. The monoisotopic (exact) mass is 393 g/mol. The molecule has 1 saturated heterocycles. The first-order valence-corrected chi connectivity index (χ1v) is 11.1. The van der Waals surface area contributed by atoms with Crippen molar-refractivity contribution in [3.63, 3.8) is 0 Å². The molecule has 1 aromatic carbocycles. The van der Waals surface area contributed by atoms with Crippen LogP contribution in [0.4, 0.5) is 0 Å². The number of hydrogen-bond donors (Lipinski definition) is 1. The molecular formula is C25H31NO3. The maximum atomic E-state index is 13.5. The summed E-state index contributed by atoms with van der Waals surface area (Å²) in [5.74, 6) is 1.13. The molecule has 1 N–H and O–H groups in total. The Bertz CT molecular complexity index is 877. The Morgan fingerprint density at radius 1 is 1.14 bits per heavy atom. The Kier molecular flexibility index (Phi) is 4.29. The minimum Gasteiger partial charge on any atom is -0.393 e. The van der Waals surface area contributed by atoms with Gasteiger partial charge < -0.3 is 10.0 Å². The molecule has 1 amide bonds. The lowest BCUT2D eigenvalue weighted by atomic mass is 9.49. The minimum atomic E-state index is -0.363. The Labute approximate surface area is 173 Å². The first-order valence-electron chi connectivity index (χ1n) is 11.1. The molecule has 0 bridgehead atoms. The summed E-state index contributed by atoms with van der Waals surface area (Å²) in [4.78, 5) is 28.3. The molecule has 3 aliphatic carbocycles. The zero-order valence-electron chi connectivity index (χ0n) is 17.4. The normalized spacial score (nSPS) is 41.5. The summed E-state index contributed by atoms with van der Waals surface area (Å²) in [7, 11) is 0. The van der Waals surface area contributed by atoms with Crippen molar-refractivity contribution < 1.29 is 14.7 Å². The van der Waals surface area contributed by atoms with Gasteiger partial charge in [-0.05, 0) is 43.1 Å². The van der Waals surface area contributed by atoms with Crippen LogP contribution in [-0.2, 0) is 16.1 Å². The van der Waals surface area contributed by atoms with Gasteiger partial charge in [0.1, 0.15) is 5.78 Å². The van der Waals surface area contributed by atoms with Gasteiger partial charge in [-0.25, -0.2) is 0 Å². The second kappa shape index (κ2) is 6.53. The number of benzene rings is 1. The van der Waals surface area contributed by atoms with Gasteiger partial charge in [-0.2, -0.15) is 0 Å². The Morgan fingerprint density at radius 2 is 1.90 bits per heavy atom. The van der Waals surface area contributed by atoms with Crippen LogP contribution in [0.25, 0.3) is 0 Å². The summed E-state index contributed by atoms with van der Waals surface area (Å²) in [5, 5.41) is 10.6. The van der Waals surface area contributed by atoms with Gasteiger partial charge in [0.2, 0.25) is 5.91 Å². The van der Waals surface area contributed by atoms with Crippen molar-refractivity contribution in [1.82, 2.24) is 4.90 Å². The Balaban J connectivity index is 1.52. The van der Waals surface area contributed by atoms with Gasteiger partial charge in [-0.3, -0.25) is 9.59 Å². The molecule has 5 rings (SSSR count). The van der Waals surface area contributed by atoms with E-state index in [1.165, 1.54) is 0 Å². The number of aliphatic hydroxyl groups excluding tert-OH is 1. The summed E-state index contributed by atoms with van der Waals surface area (Å²) < 4.78 is 0. The van der Waals surface area contributed by atoms with Crippen LogP contribution in [0.5, 0.6) is 0 Å². The summed E-state index contributed by atoms with van der Waals surface area (Å²) in [6, 6.07) is 10.1. The third kappa shape index (κ3) is 2.68. The van der Waals surface area contributed by atoms with E-state index in [4.69, 9.17) is 0 Å². The maximum Gasteiger partial charge on any atom is 0.227 e. The smallest absolute Gasteiger partial charge is 0.227 e. The molecule has 2 saturated carbocycles. The third-order valence-electron chi connectivity index (χ3n) is 8.69. The molecule has 6 atom stereocenters. The third-order valence-corrected chi connectivity index (χ3v) is 8.69. The van der Waals surface area contributed by atoms with Gasteiger partial charge in [-0.1, -0.05) is 50.3 Å². The van der Waals surface area contributed by atoms with E-state index in [0.29, 0.717) is 37.0 Å². The van der Waals surface area contributed by atoms with Crippen LogP contribution >= 0.6 is 0 Å². The van der Waals surface area contributed by atoms with Crippen LogP contribution in [0.2, 0.25) is 0 Å². The predicted molar refractivity (Wildman–Crippen MR) is 110 cm³/mol. The quantitative estimate of drug-likeness (QED) is 0.823. The van der Waals surface area contributed by atoms with Crippen LogP contribution in [-0.4, -0.2) is 27.8 Å². The molecule has 4 unspecified atom stereocenters. The molecule has 154 valence electrons. The van der Waals surface area contributed by atoms with E-state index in [1.54, 1.807) is 0 Å². The Hall–Kier alpha value is -1.94. The van der Waals surface area contributed by atoms with Crippen molar-refractivity contribution in [3.8, 4) is 0 Å². The van der Waals surface area contributed by atoms with E-state index in [9.17, 15) is 14.7 Å². The summed E-state index contributed by atoms with van der Waals surface area (Å²) in [6.45, 7) is 4.91. The first kappa shape index (κ1) is 19.0. The average molecular weight is 394 g/mol. The largest absolute Gasteiger partial charge is 0.393 e. The summed E-state index contributed by atoms with van der Waals surface area (Å²) >= 11 is 0. The fourth-order valence-corrected chi connectivity index (χ4v) is 7.20. The average Bonchev–Trinajstić information content (AvgIpc) is 2.99. The highest BCUT2D eigenvalue weighted by Crippen LogP contribution is 2.63. The van der Waals surface area contributed by atoms with Gasteiger partial charge in [0, 0.05) is 35.3 Å². The number of carbonyl (C=O) groups is 2. The van der Waals surface area contributed by atoms with Crippen molar-refractivity contribution in [3.05, 3.63) is 47.7 Å². The highest BCUT2D eigenvalue weighted by atomic mass is 16.3. The van der Waals surface area contributed by atoms with E-state index >= 15 is 0 Å². The van der Waals surface area contributed by atoms with Crippen molar-refractivity contribution in [1.29, 1.82) is 0 Å². The van der Waals surface area contributed by atoms with Crippen molar-refractivity contribution in [2.75, 3.05) is 0 Å². The number of hydrogen-bond acceptors (Lipinski definition) is 3. The second-order valence-corrected chi connectivity index (χ2v) is 10.2. The Morgan fingerprint density at radius 3 is 2.66 bits per heavy atom. The highest BCUT2D eigenvalue weighted by Gasteiger charge is 2.62. The van der Waals surface area contributed by atoms with Crippen LogP contribution in [0.1, 0.15) is 57.9 Å². The van der Waals surface area contributed by atoms with E-state index in [-0.39, 0.29) is 28.8 Å². The first-order chi connectivity index (χ1) is 13.8. The number of nitrogens with zero attached hydrogens (tertiary/aromatic N) is 1. The van der Waals surface area contributed by atoms with Gasteiger partial charge in [0.25, 0.3) is 0 Å². The fraction of sp³-hybridized carbons (Fsp3) is 0.600. The molecule has 1 aromatic rings. The molecule has 4 aliphatic rings. The molecule has 4 heteroatoms. The molecule has 1 aliphatic heterocycles. The highest BCUT2D eigenvalue weighted by molar-refractivity contribution is 5.87. The molecule has 0 aromatic heterocycles. The van der Waals surface area contributed by atoms with E-state index in [2.05, 4.69) is 32.1 Å². The van der Waals surface area contributed by atoms with Crippen LogP contribution in [0.15, 0.2) is 42.1 Å². The molecule has 0 radical (unpaired) electrons. The molecule has 3 fully saturated rings.